The Morgan fingerprint density at radius 3 is 2.86 bits per heavy atom. The number of carbonyl (C=O) groups excluding carboxylic acids is 1. The van der Waals surface area contributed by atoms with Gasteiger partial charge in [0.1, 0.15) is 13.5 Å². The normalized spacial score (nSPS) is 10.4. The zero-order valence-electron chi connectivity index (χ0n) is 7.49. The molecule has 68 valence electrons. The largest absolute Gasteiger partial charge is 0.274 e. The predicted molar refractivity (Wildman–Crippen MR) is 57.9 cm³/mol. The molecule has 0 unspecified atom stereocenters. The van der Waals surface area contributed by atoms with Crippen LogP contribution in [0.25, 0.3) is 11.0 Å². The SMILES string of the molecule is Bc1ccc2ncc(C(=O)Cl)nc2c1. The summed E-state index contributed by atoms with van der Waals surface area (Å²) in [5, 5.41) is -0.582. The number of rotatable bonds is 1. The van der Waals surface area contributed by atoms with Gasteiger partial charge in [0, 0.05) is 0 Å². The van der Waals surface area contributed by atoms with E-state index in [2.05, 4.69) is 9.97 Å². The molecule has 0 saturated carbocycles. The number of aromatic nitrogens is 2. The van der Waals surface area contributed by atoms with Crippen molar-refractivity contribution in [3.8, 4) is 0 Å². The Kier molecular flexibility index (Phi) is 2.21. The molecule has 0 atom stereocenters. The van der Waals surface area contributed by atoms with Crippen LogP contribution in [0.3, 0.4) is 0 Å². The van der Waals surface area contributed by atoms with Crippen molar-refractivity contribution in [3.63, 3.8) is 0 Å². The van der Waals surface area contributed by atoms with E-state index in [1.165, 1.54) is 6.20 Å². The van der Waals surface area contributed by atoms with E-state index < -0.39 is 5.24 Å². The Bertz CT molecular complexity index is 515. The smallest absolute Gasteiger partial charge is 0.272 e. The van der Waals surface area contributed by atoms with Gasteiger partial charge in [-0.1, -0.05) is 11.5 Å². The minimum Gasteiger partial charge on any atom is -0.274 e. The maximum absolute atomic E-state index is 10.8. The lowest BCUT2D eigenvalue weighted by molar-refractivity contribution is 0.107. The summed E-state index contributed by atoms with van der Waals surface area (Å²) in [6.45, 7) is 0. The van der Waals surface area contributed by atoms with Crippen molar-refractivity contribution in [2.75, 3.05) is 0 Å². The van der Waals surface area contributed by atoms with E-state index in [-0.39, 0.29) is 5.69 Å². The molecular weight excluding hydrogens is 198 g/mol. The molecule has 0 N–H and O–H groups in total. The van der Waals surface area contributed by atoms with Crippen molar-refractivity contribution in [1.82, 2.24) is 9.97 Å². The lowest BCUT2D eigenvalue weighted by Gasteiger charge is -1.99. The van der Waals surface area contributed by atoms with E-state index in [0.29, 0.717) is 5.52 Å². The monoisotopic (exact) mass is 204 g/mol. The Hall–Kier alpha value is -1.42. The average Bonchev–Trinajstić information content (AvgIpc) is 2.16. The van der Waals surface area contributed by atoms with Crippen molar-refractivity contribution in [3.05, 3.63) is 30.1 Å². The Morgan fingerprint density at radius 1 is 1.36 bits per heavy atom. The molecule has 0 fully saturated rings. The fraction of sp³-hybridized carbons (Fsp3) is 0. The first-order valence-corrected chi connectivity index (χ1v) is 4.48. The molecule has 0 aliphatic rings. The van der Waals surface area contributed by atoms with Crippen molar-refractivity contribution in [2.45, 2.75) is 0 Å². The molecule has 0 radical (unpaired) electrons. The van der Waals surface area contributed by atoms with E-state index in [1.807, 2.05) is 26.0 Å². The molecule has 0 aliphatic heterocycles. The summed E-state index contributed by atoms with van der Waals surface area (Å²) in [4.78, 5) is 19.0. The highest BCUT2D eigenvalue weighted by Crippen LogP contribution is 2.08. The summed E-state index contributed by atoms with van der Waals surface area (Å²) in [6, 6.07) is 5.67. The maximum Gasteiger partial charge on any atom is 0.272 e. The standard InChI is InChI=1S/C9H6BClN2O/c10-5-1-2-6-7(3-5)13-8(4-12-6)9(11)14/h1-4H,10H2. The highest BCUT2D eigenvalue weighted by Gasteiger charge is 2.05. The van der Waals surface area contributed by atoms with E-state index in [1.54, 1.807) is 0 Å². The number of carbonyl (C=O) groups is 1. The third-order valence-electron chi connectivity index (χ3n) is 1.90. The van der Waals surface area contributed by atoms with Gasteiger partial charge in [0.05, 0.1) is 17.2 Å². The molecule has 14 heavy (non-hydrogen) atoms. The minimum atomic E-state index is -0.582. The van der Waals surface area contributed by atoms with Gasteiger partial charge in [-0.2, -0.15) is 0 Å². The van der Waals surface area contributed by atoms with Gasteiger partial charge in [0.15, 0.2) is 0 Å². The first-order valence-electron chi connectivity index (χ1n) is 4.10. The molecule has 1 aromatic carbocycles. The molecule has 2 aromatic rings. The summed E-state index contributed by atoms with van der Waals surface area (Å²) in [6.07, 6.45) is 1.38. The topological polar surface area (TPSA) is 42.9 Å². The minimum absolute atomic E-state index is 0.185. The first-order chi connectivity index (χ1) is 6.66. The first kappa shape index (κ1) is 9.15. The number of halogens is 1. The van der Waals surface area contributed by atoms with E-state index in [0.717, 1.165) is 11.0 Å². The van der Waals surface area contributed by atoms with Crippen LogP contribution in [0.4, 0.5) is 0 Å². The van der Waals surface area contributed by atoms with Crippen LogP contribution in [0.5, 0.6) is 0 Å². The molecule has 3 nitrogen and oxygen atoms in total. The summed E-state index contributed by atoms with van der Waals surface area (Å²) in [5.41, 5.74) is 2.71. The van der Waals surface area contributed by atoms with Crippen LogP contribution in [0.2, 0.25) is 0 Å². The van der Waals surface area contributed by atoms with Crippen LogP contribution >= 0.6 is 11.6 Å². The van der Waals surface area contributed by atoms with E-state index >= 15 is 0 Å². The summed E-state index contributed by atoms with van der Waals surface area (Å²) in [7, 11) is 1.95. The van der Waals surface area contributed by atoms with Gasteiger partial charge in [-0.3, -0.25) is 9.78 Å². The highest BCUT2D eigenvalue weighted by atomic mass is 35.5. The third kappa shape index (κ3) is 1.61. The van der Waals surface area contributed by atoms with Crippen LogP contribution in [0.1, 0.15) is 10.5 Å². The average molecular weight is 204 g/mol. The molecule has 0 spiro atoms. The van der Waals surface area contributed by atoms with Crippen LogP contribution in [-0.2, 0) is 0 Å². The second kappa shape index (κ2) is 3.38. The maximum atomic E-state index is 10.8. The molecule has 0 aliphatic carbocycles. The quantitative estimate of drug-likeness (QED) is 0.495. The van der Waals surface area contributed by atoms with Gasteiger partial charge in [0.2, 0.25) is 0 Å². The zero-order chi connectivity index (χ0) is 10.1. The van der Waals surface area contributed by atoms with Crippen LogP contribution < -0.4 is 5.46 Å². The van der Waals surface area contributed by atoms with Gasteiger partial charge in [0.25, 0.3) is 5.24 Å². The molecule has 0 saturated heterocycles. The van der Waals surface area contributed by atoms with Gasteiger partial charge in [-0.25, -0.2) is 4.98 Å². The number of nitrogens with zero attached hydrogens (tertiary/aromatic N) is 2. The van der Waals surface area contributed by atoms with E-state index in [9.17, 15) is 4.79 Å². The lowest BCUT2D eigenvalue weighted by atomic mass is 9.96. The molecule has 0 amide bonds. The highest BCUT2D eigenvalue weighted by molar-refractivity contribution is 6.67. The van der Waals surface area contributed by atoms with Crippen LogP contribution in [-0.4, -0.2) is 23.1 Å². The molecule has 5 heteroatoms. The van der Waals surface area contributed by atoms with Crippen molar-refractivity contribution in [2.24, 2.45) is 0 Å². The number of benzene rings is 1. The fourth-order valence-electron chi connectivity index (χ4n) is 1.22. The Morgan fingerprint density at radius 2 is 2.14 bits per heavy atom. The molecule has 2 rings (SSSR count). The van der Waals surface area contributed by atoms with Crippen LogP contribution in [0, 0.1) is 0 Å². The second-order valence-electron chi connectivity index (χ2n) is 3.02. The third-order valence-corrected chi connectivity index (χ3v) is 2.09. The van der Waals surface area contributed by atoms with Crippen molar-refractivity contribution in [1.29, 1.82) is 0 Å². The molecular formula is C9H6BClN2O. The molecule has 1 aromatic heterocycles. The Balaban J connectivity index is 2.69. The predicted octanol–water partition coefficient (Wildman–Crippen LogP) is 0.267. The van der Waals surface area contributed by atoms with E-state index in [4.69, 9.17) is 11.6 Å². The summed E-state index contributed by atoms with van der Waals surface area (Å²) >= 11 is 5.30. The van der Waals surface area contributed by atoms with Crippen LogP contribution in [0.15, 0.2) is 24.4 Å². The number of fused-ring (bicyclic) bond motifs is 1. The number of hydrogen-bond acceptors (Lipinski definition) is 3. The van der Waals surface area contributed by atoms with Gasteiger partial charge in [-0.05, 0) is 23.7 Å². The summed E-state index contributed by atoms with van der Waals surface area (Å²) in [5.74, 6) is 0. The summed E-state index contributed by atoms with van der Waals surface area (Å²) < 4.78 is 0. The molecule has 1 heterocycles. The fourth-order valence-corrected chi connectivity index (χ4v) is 1.31. The van der Waals surface area contributed by atoms with Crippen molar-refractivity contribution >= 4 is 41.2 Å². The number of hydrogen-bond donors (Lipinski definition) is 0. The van der Waals surface area contributed by atoms with Crippen molar-refractivity contribution < 1.29 is 4.79 Å². The molecule has 0 bridgehead atoms. The second-order valence-corrected chi connectivity index (χ2v) is 3.36. The lowest BCUT2D eigenvalue weighted by Crippen LogP contribution is -2.03. The zero-order valence-corrected chi connectivity index (χ0v) is 8.25. The van der Waals surface area contributed by atoms with Gasteiger partial charge >= 0.3 is 0 Å². The Labute approximate surface area is 86.5 Å². The van der Waals surface area contributed by atoms with Gasteiger partial charge < -0.3 is 0 Å². The van der Waals surface area contributed by atoms with Gasteiger partial charge in [-0.15, -0.1) is 0 Å².